The van der Waals surface area contributed by atoms with Crippen molar-refractivity contribution in [2.24, 2.45) is 0 Å². The molecule has 106 valence electrons. The van der Waals surface area contributed by atoms with Crippen molar-refractivity contribution >= 4 is 17.2 Å². The molecule has 1 unspecified atom stereocenters. The van der Waals surface area contributed by atoms with Gasteiger partial charge < -0.3 is 10.2 Å². The third kappa shape index (κ3) is 3.40. The van der Waals surface area contributed by atoms with Gasteiger partial charge >= 0.3 is 0 Å². The molecule has 0 fully saturated rings. The fourth-order valence-electron chi connectivity index (χ4n) is 1.86. The topological polar surface area (TPSA) is 45.2 Å². The Morgan fingerprint density at radius 3 is 2.85 bits per heavy atom. The van der Waals surface area contributed by atoms with E-state index in [2.05, 4.69) is 10.3 Å². The van der Waals surface area contributed by atoms with E-state index >= 15 is 0 Å². The average Bonchev–Trinajstić information content (AvgIpc) is 2.92. The molecule has 0 saturated carbocycles. The third-order valence-corrected chi connectivity index (χ3v) is 3.93. The van der Waals surface area contributed by atoms with E-state index in [1.807, 2.05) is 36.5 Å². The number of nitrogens with zero attached hydrogens (tertiary/aromatic N) is 2. The van der Waals surface area contributed by atoms with Gasteiger partial charge in [-0.1, -0.05) is 6.07 Å². The van der Waals surface area contributed by atoms with Gasteiger partial charge in [0.1, 0.15) is 0 Å². The zero-order chi connectivity index (χ0) is 14.5. The van der Waals surface area contributed by atoms with E-state index < -0.39 is 11.9 Å². The number of pyridine rings is 1. The molecule has 1 atom stereocenters. The van der Waals surface area contributed by atoms with Crippen LogP contribution < -0.4 is 5.32 Å². The summed E-state index contributed by atoms with van der Waals surface area (Å²) in [6.07, 6.45) is 1.32. The normalized spacial score (nSPS) is 12.4. The Kier molecular flexibility index (Phi) is 4.81. The number of aromatic nitrogens is 1. The van der Waals surface area contributed by atoms with E-state index in [0.717, 1.165) is 4.88 Å². The maximum Gasteiger partial charge on any atom is 0.255 e. The molecule has 2 heterocycles. The van der Waals surface area contributed by atoms with E-state index in [1.54, 1.807) is 17.4 Å². The molecule has 1 amide bonds. The van der Waals surface area contributed by atoms with Gasteiger partial charge in [0.15, 0.2) is 0 Å². The van der Waals surface area contributed by atoms with E-state index in [4.69, 9.17) is 0 Å². The number of hydrogen-bond donors (Lipinski definition) is 1. The first-order valence-corrected chi connectivity index (χ1v) is 7.06. The number of rotatable bonds is 5. The standard InChI is InChI=1S/C14H16FN3OS/c1-18(2)11(12-6-4-8-20-12)9-17-14(19)10-5-3-7-16-13(10)15/h3-8,11H,9H2,1-2H3,(H,17,19). The van der Waals surface area contributed by atoms with Gasteiger partial charge in [0.2, 0.25) is 5.95 Å². The molecular weight excluding hydrogens is 277 g/mol. The van der Waals surface area contributed by atoms with Gasteiger partial charge in [-0.15, -0.1) is 11.3 Å². The van der Waals surface area contributed by atoms with Crippen molar-refractivity contribution in [2.45, 2.75) is 6.04 Å². The van der Waals surface area contributed by atoms with Crippen LogP contribution in [-0.4, -0.2) is 36.4 Å². The van der Waals surface area contributed by atoms with Crippen molar-refractivity contribution in [3.63, 3.8) is 0 Å². The summed E-state index contributed by atoms with van der Waals surface area (Å²) in [6.45, 7) is 0.417. The highest BCUT2D eigenvalue weighted by Gasteiger charge is 2.18. The highest BCUT2D eigenvalue weighted by molar-refractivity contribution is 7.10. The van der Waals surface area contributed by atoms with Crippen LogP contribution in [0.3, 0.4) is 0 Å². The fraction of sp³-hybridized carbons (Fsp3) is 0.286. The van der Waals surface area contributed by atoms with Crippen molar-refractivity contribution in [3.8, 4) is 0 Å². The summed E-state index contributed by atoms with van der Waals surface area (Å²) in [5.74, 6) is -1.19. The molecule has 6 heteroatoms. The van der Waals surface area contributed by atoms with Gasteiger partial charge in [-0.25, -0.2) is 4.98 Å². The van der Waals surface area contributed by atoms with Crippen LogP contribution in [-0.2, 0) is 0 Å². The highest BCUT2D eigenvalue weighted by Crippen LogP contribution is 2.22. The summed E-state index contributed by atoms with van der Waals surface area (Å²) in [5.41, 5.74) is -0.0313. The molecule has 2 rings (SSSR count). The van der Waals surface area contributed by atoms with Gasteiger partial charge in [0.05, 0.1) is 11.6 Å². The number of thiophene rings is 1. The van der Waals surface area contributed by atoms with E-state index in [9.17, 15) is 9.18 Å². The zero-order valence-corrected chi connectivity index (χ0v) is 12.2. The molecule has 0 aliphatic heterocycles. The summed E-state index contributed by atoms with van der Waals surface area (Å²) in [4.78, 5) is 18.6. The molecule has 2 aromatic heterocycles. The van der Waals surface area contributed by atoms with Crippen molar-refractivity contribution in [3.05, 3.63) is 52.2 Å². The van der Waals surface area contributed by atoms with Gasteiger partial charge in [0, 0.05) is 17.6 Å². The zero-order valence-electron chi connectivity index (χ0n) is 11.3. The molecule has 1 N–H and O–H groups in total. The molecule has 0 aromatic carbocycles. The molecule has 0 aliphatic rings. The summed E-state index contributed by atoms with van der Waals surface area (Å²) in [6, 6.07) is 7.03. The quantitative estimate of drug-likeness (QED) is 0.861. The van der Waals surface area contributed by atoms with E-state index in [0.29, 0.717) is 6.54 Å². The Morgan fingerprint density at radius 1 is 1.45 bits per heavy atom. The summed E-state index contributed by atoms with van der Waals surface area (Å²) in [5, 5.41) is 4.75. The first-order valence-electron chi connectivity index (χ1n) is 6.18. The largest absolute Gasteiger partial charge is 0.350 e. The van der Waals surface area contributed by atoms with E-state index in [-0.39, 0.29) is 11.6 Å². The number of hydrogen-bond acceptors (Lipinski definition) is 4. The monoisotopic (exact) mass is 293 g/mol. The van der Waals surface area contributed by atoms with Crippen LogP contribution in [0, 0.1) is 5.95 Å². The van der Waals surface area contributed by atoms with Gasteiger partial charge in [0.25, 0.3) is 5.91 Å². The summed E-state index contributed by atoms with van der Waals surface area (Å²) >= 11 is 1.63. The SMILES string of the molecule is CN(C)C(CNC(=O)c1cccnc1F)c1cccs1. The molecule has 20 heavy (non-hydrogen) atoms. The molecular formula is C14H16FN3OS. The Labute approximate surface area is 121 Å². The lowest BCUT2D eigenvalue weighted by Gasteiger charge is -2.23. The maximum absolute atomic E-state index is 13.4. The molecule has 4 nitrogen and oxygen atoms in total. The lowest BCUT2D eigenvalue weighted by atomic mass is 10.2. The molecule has 0 saturated heterocycles. The number of carbonyl (C=O) groups is 1. The predicted molar refractivity (Wildman–Crippen MR) is 77.3 cm³/mol. The van der Waals surface area contributed by atoms with Crippen LogP contribution >= 0.6 is 11.3 Å². The second-order valence-corrected chi connectivity index (χ2v) is 5.53. The Morgan fingerprint density at radius 2 is 2.25 bits per heavy atom. The van der Waals surface area contributed by atoms with Gasteiger partial charge in [-0.3, -0.25) is 4.79 Å². The number of carbonyl (C=O) groups excluding carboxylic acids is 1. The minimum Gasteiger partial charge on any atom is -0.350 e. The second kappa shape index (κ2) is 6.58. The highest BCUT2D eigenvalue weighted by atomic mass is 32.1. The first kappa shape index (κ1) is 14.6. The minimum atomic E-state index is -0.748. The number of nitrogens with one attached hydrogen (secondary N) is 1. The third-order valence-electron chi connectivity index (χ3n) is 2.95. The van der Waals surface area contributed by atoms with Gasteiger partial charge in [-0.2, -0.15) is 4.39 Å². The number of amides is 1. The first-order chi connectivity index (χ1) is 9.59. The van der Waals surface area contributed by atoms with Crippen LogP contribution in [0.4, 0.5) is 4.39 Å². The van der Waals surface area contributed by atoms with Crippen LogP contribution in [0.25, 0.3) is 0 Å². The number of halogens is 1. The van der Waals surface area contributed by atoms with Crippen LogP contribution in [0.2, 0.25) is 0 Å². The number of likely N-dealkylation sites (N-methyl/N-ethyl adjacent to an activating group) is 1. The Bertz CT molecular complexity index is 572. The maximum atomic E-state index is 13.4. The molecule has 0 spiro atoms. The van der Waals surface area contributed by atoms with E-state index in [1.165, 1.54) is 12.3 Å². The van der Waals surface area contributed by atoms with Crippen LogP contribution in [0.5, 0.6) is 0 Å². The predicted octanol–water partition coefficient (Wildman–Crippen LogP) is 2.31. The fourth-order valence-corrected chi connectivity index (χ4v) is 2.78. The molecule has 0 bridgehead atoms. The van der Waals surface area contributed by atoms with Crippen LogP contribution in [0.1, 0.15) is 21.3 Å². The smallest absolute Gasteiger partial charge is 0.255 e. The molecule has 0 radical (unpaired) electrons. The van der Waals surface area contributed by atoms with Crippen molar-refractivity contribution in [1.82, 2.24) is 15.2 Å². The summed E-state index contributed by atoms with van der Waals surface area (Å²) in [7, 11) is 3.89. The lowest BCUT2D eigenvalue weighted by Crippen LogP contribution is -2.34. The van der Waals surface area contributed by atoms with Crippen molar-refractivity contribution in [1.29, 1.82) is 0 Å². The Balaban J connectivity index is 2.03. The van der Waals surface area contributed by atoms with Crippen molar-refractivity contribution < 1.29 is 9.18 Å². The molecule has 0 aliphatic carbocycles. The summed E-state index contributed by atoms with van der Waals surface area (Å²) < 4.78 is 13.4. The van der Waals surface area contributed by atoms with Crippen LogP contribution in [0.15, 0.2) is 35.8 Å². The molecule has 2 aromatic rings. The van der Waals surface area contributed by atoms with Crippen molar-refractivity contribution in [2.75, 3.05) is 20.6 Å². The average molecular weight is 293 g/mol. The van der Waals surface area contributed by atoms with Gasteiger partial charge in [-0.05, 0) is 37.7 Å². The lowest BCUT2D eigenvalue weighted by molar-refractivity contribution is 0.0937. The second-order valence-electron chi connectivity index (χ2n) is 4.55. The Hall–Kier alpha value is -1.79. The minimum absolute atomic E-state index is 0.0313.